The molecule has 0 aliphatic carbocycles. The van der Waals surface area contributed by atoms with Gasteiger partial charge in [0, 0.05) is 24.3 Å². The molecule has 0 fully saturated rings. The molecule has 0 saturated carbocycles. The Kier molecular flexibility index (Phi) is 7.35. The van der Waals surface area contributed by atoms with Crippen LogP contribution in [0.3, 0.4) is 0 Å². The predicted molar refractivity (Wildman–Crippen MR) is 97.8 cm³/mol. The summed E-state index contributed by atoms with van der Waals surface area (Å²) in [6.07, 6.45) is 2.82. The van der Waals surface area contributed by atoms with Crippen LogP contribution >= 0.6 is 11.6 Å². The van der Waals surface area contributed by atoms with Crippen molar-refractivity contribution in [2.45, 2.75) is 46.4 Å². The summed E-state index contributed by atoms with van der Waals surface area (Å²) in [6, 6.07) is 10.2. The van der Waals surface area contributed by atoms with Crippen LogP contribution < -0.4 is 14.8 Å². The molecule has 2 rings (SSSR count). The maximum Gasteiger partial charge on any atom is 0.161 e. The summed E-state index contributed by atoms with van der Waals surface area (Å²) < 4.78 is 11.6. The van der Waals surface area contributed by atoms with Gasteiger partial charge < -0.3 is 14.8 Å². The largest absolute Gasteiger partial charge is 0.490 e. The van der Waals surface area contributed by atoms with E-state index in [0.717, 1.165) is 30.0 Å². The number of ether oxygens (including phenoxy) is 2. The van der Waals surface area contributed by atoms with Crippen LogP contribution in [0.4, 0.5) is 0 Å². The van der Waals surface area contributed by atoms with E-state index in [4.69, 9.17) is 21.1 Å². The summed E-state index contributed by atoms with van der Waals surface area (Å²) in [5.74, 6) is 1.50. The quantitative estimate of drug-likeness (QED) is 0.672. The standard InChI is InChI=1S/C19H25ClN2O2/c1-4-14(3)21-11-15-6-8-17(18(10-15)23-5-2)24-13-16-7-9-19(20)22-12-16/h6-10,12,14,21H,4-5,11,13H2,1-3H3. The molecule has 1 atom stereocenters. The zero-order valence-corrected chi connectivity index (χ0v) is 15.3. The van der Waals surface area contributed by atoms with E-state index in [0.29, 0.717) is 24.4 Å². The number of benzene rings is 1. The van der Waals surface area contributed by atoms with Crippen LogP contribution in [0.5, 0.6) is 11.5 Å². The summed E-state index contributed by atoms with van der Waals surface area (Å²) in [6.45, 7) is 8.16. The first-order chi connectivity index (χ1) is 11.6. The molecule has 1 heterocycles. The van der Waals surface area contributed by atoms with Crippen molar-refractivity contribution in [3.63, 3.8) is 0 Å². The Morgan fingerprint density at radius 1 is 1.08 bits per heavy atom. The highest BCUT2D eigenvalue weighted by Crippen LogP contribution is 2.29. The average Bonchev–Trinajstić information content (AvgIpc) is 2.60. The Morgan fingerprint density at radius 3 is 2.54 bits per heavy atom. The van der Waals surface area contributed by atoms with Crippen molar-refractivity contribution in [2.75, 3.05) is 6.61 Å². The third kappa shape index (κ3) is 5.69. The van der Waals surface area contributed by atoms with Crippen molar-refractivity contribution in [3.05, 3.63) is 52.8 Å². The third-order valence-electron chi connectivity index (χ3n) is 3.76. The van der Waals surface area contributed by atoms with Gasteiger partial charge in [0.15, 0.2) is 11.5 Å². The molecule has 0 amide bonds. The summed E-state index contributed by atoms with van der Waals surface area (Å²) in [5, 5.41) is 3.96. The van der Waals surface area contributed by atoms with E-state index >= 15 is 0 Å². The molecule has 4 nitrogen and oxygen atoms in total. The molecule has 1 aromatic heterocycles. The highest BCUT2D eigenvalue weighted by Gasteiger charge is 2.08. The summed E-state index contributed by atoms with van der Waals surface area (Å²) in [7, 11) is 0. The summed E-state index contributed by atoms with van der Waals surface area (Å²) in [5.41, 5.74) is 2.14. The molecule has 0 spiro atoms. The number of hydrogen-bond donors (Lipinski definition) is 1. The molecule has 0 aliphatic rings. The van der Waals surface area contributed by atoms with Crippen molar-refractivity contribution >= 4 is 11.6 Å². The van der Waals surface area contributed by atoms with Crippen LogP contribution in [0.25, 0.3) is 0 Å². The van der Waals surface area contributed by atoms with Crippen LogP contribution in [0.15, 0.2) is 36.5 Å². The van der Waals surface area contributed by atoms with Gasteiger partial charge in [-0.15, -0.1) is 0 Å². The Bertz CT molecular complexity index is 632. The lowest BCUT2D eigenvalue weighted by Gasteiger charge is -2.15. The zero-order valence-electron chi connectivity index (χ0n) is 14.5. The van der Waals surface area contributed by atoms with Crippen molar-refractivity contribution in [3.8, 4) is 11.5 Å². The lowest BCUT2D eigenvalue weighted by Crippen LogP contribution is -2.24. The van der Waals surface area contributed by atoms with Gasteiger partial charge >= 0.3 is 0 Å². The molecule has 130 valence electrons. The monoisotopic (exact) mass is 348 g/mol. The molecule has 1 unspecified atom stereocenters. The molecule has 0 bridgehead atoms. The molecular formula is C19H25ClN2O2. The van der Waals surface area contributed by atoms with E-state index < -0.39 is 0 Å². The lowest BCUT2D eigenvalue weighted by molar-refractivity contribution is 0.268. The summed E-state index contributed by atoms with van der Waals surface area (Å²) >= 11 is 5.80. The van der Waals surface area contributed by atoms with Gasteiger partial charge in [0.05, 0.1) is 6.61 Å². The maximum atomic E-state index is 5.89. The van der Waals surface area contributed by atoms with E-state index in [1.807, 2.05) is 25.1 Å². The van der Waals surface area contributed by atoms with Crippen LogP contribution in [0.1, 0.15) is 38.3 Å². The summed E-state index contributed by atoms with van der Waals surface area (Å²) in [4.78, 5) is 4.06. The third-order valence-corrected chi connectivity index (χ3v) is 3.98. The zero-order chi connectivity index (χ0) is 17.4. The highest BCUT2D eigenvalue weighted by atomic mass is 35.5. The fraction of sp³-hybridized carbons (Fsp3) is 0.421. The van der Waals surface area contributed by atoms with Gasteiger partial charge in [0.2, 0.25) is 0 Å². The van der Waals surface area contributed by atoms with Gasteiger partial charge in [0.1, 0.15) is 11.8 Å². The second-order valence-corrected chi connectivity index (χ2v) is 6.07. The van der Waals surface area contributed by atoms with E-state index in [-0.39, 0.29) is 0 Å². The van der Waals surface area contributed by atoms with Crippen molar-refractivity contribution in [2.24, 2.45) is 0 Å². The molecule has 5 heteroatoms. The topological polar surface area (TPSA) is 43.4 Å². The number of pyridine rings is 1. The predicted octanol–water partition coefficient (Wildman–Crippen LogP) is 4.60. The van der Waals surface area contributed by atoms with Gasteiger partial charge in [-0.05, 0) is 44.0 Å². The van der Waals surface area contributed by atoms with Gasteiger partial charge in [-0.2, -0.15) is 0 Å². The number of aromatic nitrogens is 1. The van der Waals surface area contributed by atoms with Gasteiger partial charge in [-0.1, -0.05) is 30.7 Å². The second kappa shape index (κ2) is 9.50. The van der Waals surface area contributed by atoms with E-state index in [9.17, 15) is 0 Å². The molecule has 0 aliphatic heterocycles. The highest BCUT2D eigenvalue weighted by molar-refractivity contribution is 6.29. The minimum Gasteiger partial charge on any atom is -0.490 e. The van der Waals surface area contributed by atoms with Crippen LogP contribution in [-0.4, -0.2) is 17.6 Å². The molecule has 1 N–H and O–H groups in total. The molecular weight excluding hydrogens is 324 g/mol. The minimum atomic E-state index is 0.425. The number of nitrogens with zero attached hydrogens (tertiary/aromatic N) is 1. The van der Waals surface area contributed by atoms with Crippen molar-refractivity contribution in [1.82, 2.24) is 10.3 Å². The first-order valence-electron chi connectivity index (χ1n) is 8.34. The van der Waals surface area contributed by atoms with Gasteiger partial charge in [-0.25, -0.2) is 4.98 Å². The van der Waals surface area contributed by atoms with E-state index in [1.165, 1.54) is 5.56 Å². The van der Waals surface area contributed by atoms with Crippen LogP contribution in [0.2, 0.25) is 5.15 Å². The fourth-order valence-electron chi connectivity index (χ4n) is 2.14. The Hall–Kier alpha value is -1.78. The molecule has 2 aromatic rings. The Morgan fingerprint density at radius 2 is 1.88 bits per heavy atom. The van der Waals surface area contributed by atoms with Crippen LogP contribution in [-0.2, 0) is 13.2 Å². The van der Waals surface area contributed by atoms with Gasteiger partial charge in [0.25, 0.3) is 0 Å². The van der Waals surface area contributed by atoms with Crippen LogP contribution in [0, 0.1) is 0 Å². The molecule has 0 radical (unpaired) electrons. The van der Waals surface area contributed by atoms with Crippen molar-refractivity contribution < 1.29 is 9.47 Å². The SMILES string of the molecule is CCOc1cc(CNC(C)CC)ccc1OCc1ccc(Cl)nc1. The lowest BCUT2D eigenvalue weighted by atomic mass is 10.1. The Balaban J connectivity index is 2.03. The number of hydrogen-bond acceptors (Lipinski definition) is 4. The number of halogens is 1. The maximum absolute atomic E-state index is 5.89. The first kappa shape index (κ1) is 18.6. The smallest absolute Gasteiger partial charge is 0.161 e. The average molecular weight is 349 g/mol. The first-order valence-corrected chi connectivity index (χ1v) is 8.72. The number of rotatable bonds is 9. The number of nitrogens with one attached hydrogen (secondary N) is 1. The fourth-order valence-corrected chi connectivity index (χ4v) is 2.25. The minimum absolute atomic E-state index is 0.425. The molecule has 24 heavy (non-hydrogen) atoms. The molecule has 0 saturated heterocycles. The van der Waals surface area contributed by atoms with E-state index in [2.05, 4.69) is 30.2 Å². The van der Waals surface area contributed by atoms with E-state index in [1.54, 1.807) is 12.3 Å². The van der Waals surface area contributed by atoms with Gasteiger partial charge in [-0.3, -0.25) is 0 Å². The second-order valence-electron chi connectivity index (χ2n) is 5.68. The normalized spacial score (nSPS) is 12.0. The Labute approximate surface area is 149 Å². The molecule has 1 aromatic carbocycles. The van der Waals surface area contributed by atoms with Crippen molar-refractivity contribution in [1.29, 1.82) is 0 Å².